The largest absolute Gasteiger partial charge is 0.465 e. The number of Topliss-reactive ketones (excluding diaryl/α,β-unsaturated/α-hetero) is 1. The molecule has 0 aliphatic rings. The zero-order chi connectivity index (χ0) is 16.2. The molecule has 5 nitrogen and oxygen atoms in total. The summed E-state index contributed by atoms with van der Waals surface area (Å²) >= 11 is 11.7. The second-order valence-corrected chi connectivity index (χ2v) is 5.25. The molecule has 1 aromatic rings. The monoisotopic (exact) mass is 331 g/mol. The van der Waals surface area contributed by atoms with Crippen LogP contribution in [-0.2, 0) is 14.3 Å². The smallest absolute Gasteiger partial charge is 0.326 e. The summed E-state index contributed by atoms with van der Waals surface area (Å²) in [6.45, 7) is 1.66. The average Bonchev–Trinajstić information content (AvgIpc) is 2.38. The van der Waals surface area contributed by atoms with Gasteiger partial charge in [-0.25, -0.2) is 0 Å². The number of rotatable bonds is 5. The van der Waals surface area contributed by atoms with Crippen LogP contribution < -0.4 is 0 Å². The van der Waals surface area contributed by atoms with Crippen molar-refractivity contribution in [2.45, 2.75) is 6.92 Å². The number of ketones is 1. The van der Waals surface area contributed by atoms with Crippen LogP contribution in [0.3, 0.4) is 0 Å². The second kappa shape index (κ2) is 7.43. The maximum atomic E-state index is 12.5. The highest BCUT2D eigenvalue weighted by Gasteiger charge is 2.37. The van der Waals surface area contributed by atoms with Gasteiger partial charge in [0.15, 0.2) is 11.7 Å². The molecule has 0 saturated heterocycles. The fraction of sp³-hybridized carbons (Fsp3) is 0.357. The van der Waals surface area contributed by atoms with E-state index < -0.39 is 23.6 Å². The summed E-state index contributed by atoms with van der Waals surface area (Å²) in [4.78, 5) is 37.6. The lowest BCUT2D eigenvalue weighted by Crippen LogP contribution is -2.40. The van der Waals surface area contributed by atoms with Crippen LogP contribution in [0.5, 0.6) is 0 Å². The van der Waals surface area contributed by atoms with Crippen LogP contribution >= 0.6 is 23.2 Å². The molecule has 0 aliphatic heterocycles. The van der Waals surface area contributed by atoms with Crippen LogP contribution in [0, 0.1) is 5.92 Å². The number of hydrogen-bond donors (Lipinski definition) is 0. The Bertz CT molecular complexity index is 572. The summed E-state index contributed by atoms with van der Waals surface area (Å²) in [7, 11) is 2.90. The van der Waals surface area contributed by atoms with Crippen LogP contribution in [-0.4, -0.2) is 43.3 Å². The lowest BCUT2D eigenvalue weighted by Gasteiger charge is -2.18. The number of ether oxygens (including phenoxy) is 1. The van der Waals surface area contributed by atoms with Gasteiger partial charge in [0.05, 0.1) is 11.6 Å². The summed E-state index contributed by atoms with van der Waals surface area (Å²) in [5, 5.41) is 0.427. The number of amides is 1. The van der Waals surface area contributed by atoms with Crippen molar-refractivity contribution < 1.29 is 19.1 Å². The zero-order valence-electron chi connectivity index (χ0n) is 11.9. The maximum absolute atomic E-state index is 12.5. The summed E-state index contributed by atoms with van der Waals surface area (Å²) in [5.74, 6) is -3.84. The van der Waals surface area contributed by atoms with Crippen molar-refractivity contribution in [3.05, 3.63) is 33.8 Å². The topological polar surface area (TPSA) is 63.7 Å². The van der Waals surface area contributed by atoms with Gasteiger partial charge in [-0.05, 0) is 25.1 Å². The van der Waals surface area contributed by atoms with E-state index >= 15 is 0 Å². The third kappa shape index (κ3) is 4.19. The molecule has 0 fully saturated rings. The van der Waals surface area contributed by atoms with Crippen LogP contribution in [0.15, 0.2) is 18.2 Å². The van der Waals surface area contributed by atoms with Gasteiger partial charge in [0, 0.05) is 24.7 Å². The molecule has 1 atom stereocenters. The Balaban J connectivity index is 3.22. The van der Waals surface area contributed by atoms with E-state index in [1.807, 2.05) is 0 Å². The molecule has 0 N–H and O–H groups in total. The van der Waals surface area contributed by atoms with E-state index in [0.29, 0.717) is 5.02 Å². The predicted octanol–water partition coefficient (Wildman–Crippen LogP) is 2.44. The highest BCUT2D eigenvalue weighted by atomic mass is 35.5. The number of esters is 1. The standard InChI is InChI=1S/C14H15Cl2NO4/c1-4-21-14(20)11(13(19)17(2)3)12(18)9-6-5-8(15)7-10(9)16/h5-7,11H,4H2,1-3H3. The fourth-order valence-electron chi connectivity index (χ4n) is 1.65. The fourth-order valence-corrected chi connectivity index (χ4v) is 2.15. The molecule has 1 unspecified atom stereocenters. The highest BCUT2D eigenvalue weighted by Crippen LogP contribution is 2.24. The number of hydrogen-bond acceptors (Lipinski definition) is 4. The molecule has 0 heterocycles. The van der Waals surface area contributed by atoms with E-state index in [1.54, 1.807) is 6.92 Å². The number of halogens is 2. The molecule has 0 saturated carbocycles. The van der Waals surface area contributed by atoms with Gasteiger partial charge in [-0.15, -0.1) is 0 Å². The summed E-state index contributed by atoms with van der Waals surface area (Å²) in [6.07, 6.45) is 0. The molecule has 0 spiro atoms. The van der Waals surface area contributed by atoms with Gasteiger partial charge in [0.2, 0.25) is 5.91 Å². The summed E-state index contributed by atoms with van der Waals surface area (Å²) in [5.41, 5.74) is 0.0503. The lowest BCUT2D eigenvalue weighted by molar-refractivity contribution is -0.152. The molecule has 0 aliphatic carbocycles. The van der Waals surface area contributed by atoms with E-state index in [1.165, 1.54) is 32.3 Å². The molecule has 0 radical (unpaired) electrons. The van der Waals surface area contributed by atoms with Crippen molar-refractivity contribution in [1.29, 1.82) is 0 Å². The van der Waals surface area contributed by atoms with Crippen LogP contribution in [0.2, 0.25) is 10.0 Å². The van der Waals surface area contributed by atoms with Crippen molar-refractivity contribution in [3.8, 4) is 0 Å². The molecule has 1 amide bonds. The third-order valence-electron chi connectivity index (χ3n) is 2.67. The molecule has 0 bridgehead atoms. The summed E-state index contributed by atoms with van der Waals surface area (Å²) in [6, 6.07) is 4.21. The first-order valence-corrected chi connectivity index (χ1v) is 6.92. The van der Waals surface area contributed by atoms with Gasteiger partial charge in [-0.1, -0.05) is 23.2 Å². The van der Waals surface area contributed by atoms with E-state index in [2.05, 4.69) is 0 Å². The first kappa shape index (κ1) is 17.5. The summed E-state index contributed by atoms with van der Waals surface area (Å²) < 4.78 is 4.81. The van der Waals surface area contributed by atoms with Crippen LogP contribution in [0.1, 0.15) is 17.3 Å². The van der Waals surface area contributed by atoms with E-state index in [4.69, 9.17) is 27.9 Å². The minimum atomic E-state index is -1.57. The van der Waals surface area contributed by atoms with Crippen molar-refractivity contribution in [3.63, 3.8) is 0 Å². The predicted molar refractivity (Wildman–Crippen MR) is 79.6 cm³/mol. The molecular weight excluding hydrogens is 317 g/mol. The van der Waals surface area contributed by atoms with Gasteiger partial charge >= 0.3 is 5.97 Å². The van der Waals surface area contributed by atoms with Crippen molar-refractivity contribution >= 4 is 40.9 Å². The van der Waals surface area contributed by atoms with Gasteiger partial charge in [-0.2, -0.15) is 0 Å². The Morgan fingerprint density at radius 1 is 1.24 bits per heavy atom. The minimum absolute atomic E-state index is 0.0503. The first-order valence-electron chi connectivity index (χ1n) is 6.16. The van der Waals surface area contributed by atoms with Gasteiger partial charge in [0.25, 0.3) is 0 Å². The second-order valence-electron chi connectivity index (χ2n) is 4.41. The molecule has 1 aromatic carbocycles. The lowest BCUT2D eigenvalue weighted by atomic mass is 9.96. The van der Waals surface area contributed by atoms with E-state index in [9.17, 15) is 14.4 Å². The molecule has 0 aromatic heterocycles. The van der Waals surface area contributed by atoms with Crippen molar-refractivity contribution in [2.24, 2.45) is 5.92 Å². The van der Waals surface area contributed by atoms with E-state index in [0.717, 1.165) is 4.90 Å². The molecule has 114 valence electrons. The van der Waals surface area contributed by atoms with E-state index in [-0.39, 0.29) is 17.2 Å². The zero-order valence-corrected chi connectivity index (χ0v) is 13.4. The minimum Gasteiger partial charge on any atom is -0.465 e. The Labute approximate surface area is 132 Å². The SMILES string of the molecule is CCOC(=O)C(C(=O)c1ccc(Cl)cc1Cl)C(=O)N(C)C. The molecule has 21 heavy (non-hydrogen) atoms. The number of carbonyl (C=O) groups excluding carboxylic acids is 3. The Morgan fingerprint density at radius 3 is 2.33 bits per heavy atom. The van der Waals surface area contributed by atoms with Crippen LogP contribution in [0.25, 0.3) is 0 Å². The molecular formula is C14H15Cl2NO4. The van der Waals surface area contributed by atoms with Crippen LogP contribution in [0.4, 0.5) is 0 Å². The van der Waals surface area contributed by atoms with Gasteiger partial charge < -0.3 is 9.64 Å². The highest BCUT2D eigenvalue weighted by molar-refractivity contribution is 6.38. The van der Waals surface area contributed by atoms with Crippen molar-refractivity contribution in [1.82, 2.24) is 4.90 Å². The quantitative estimate of drug-likeness (QED) is 0.472. The Kier molecular flexibility index (Phi) is 6.18. The third-order valence-corrected chi connectivity index (χ3v) is 3.22. The van der Waals surface area contributed by atoms with Gasteiger partial charge in [-0.3, -0.25) is 14.4 Å². The first-order chi connectivity index (χ1) is 9.79. The molecule has 1 rings (SSSR count). The Morgan fingerprint density at radius 2 is 1.86 bits per heavy atom. The van der Waals surface area contributed by atoms with Gasteiger partial charge in [0.1, 0.15) is 0 Å². The van der Waals surface area contributed by atoms with Crippen molar-refractivity contribution in [2.75, 3.05) is 20.7 Å². The number of nitrogens with zero attached hydrogens (tertiary/aromatic N) is 1. The number of carbonyl (C=O) groups is 3. The average molecular weight is 332 g/mol. The maximum Gasteiger partial charge on any atom is 0.326 e. The Hall–Kier alpha value is -1.59. The normalized spacial score (nSPS) is 11.7. The molecule has 7 heteroatoms. The number of benzene rings is 1.